The first kappa shape index (κ1) is 12.2. The van der Waals surface area contributed by atoms with Crippen LogP contribution in [0.2, 0.25) is 0 Å². The van der Waals surface area contributed by atoms with Crippen molar-refractivity contribution in [2.45, 2.75) is 32.1 Å². The highest BCUT2D eigenvalue weighted by molar-refractivity contribution is 7.86. The van der Waals surface area contributed by atoms with Crippen LogP contribution >= 0.6 is 0 Å². The van der Waals surface area contributed by atoms with Gasteiger partial charge >= 0.3 is 0 Å². The van der Waals surface area contributed by atoms with Gasteiger partial charge < -0.3 is 0 Å². The molecule has 0 bridgehead atoms. The average Bonchev–Trinajstić information content (AvgIpc) is 2.17. The molecular weight excluding hydrogens is 212 g/mol. The van der Waals surface area contributed by atoms with Crippen LogP contribution in [0, 0.1) is 6.92 Å². The van der Waals surface area contributed by atoms with Crippen LogP contribution in [0.1, 0.15) is 25.0 Å². The first-order valence-electron chi connectivity index (χ1n) is 5.00. The van der Waals surface area contributed by atoms with Crippen LogP contribution in [0.5, 0.6) is 0 Å². The molecule has 0 aliphatic heterocycles. The summed E-state index contributed by atoms with van der Waals surface area (Å²) in [5.74, 6) is 0. The molecule has 0 amide bonds. The Morgan fingerprint density at radius 2 is 1.93 bits per heavy atom. The lowest BCUT2D eigenvalue weighted by Crippen LogP contribution is -2.08. The lowest BCUT2D eigenvalue weighted by atomic mass is 10.1. The minimum atomic E-state index is -3.57. The van der Waals surface area contributed by atoms with Crippen LogP contribution < -0.4 is 0 Å². The van der Waals surface area contributed by atoms with E-state index in [1.54, 1.807) is 19.1 Å². The fraction of sp³-hybridized carbons (Fsp3) is 0.455. The van der Waals surface area contributed by atoms with Crippen LogP contribution in [0.25, 0.3) is 0 Å². The standard InChI is InChI=1S/C11H16O3S/c1-4-10-8-9(3)6-7-11(10)15(12,13)14-5-2/h6-8H,4-5H2,1-3H3. The first-order chi connectivity index (χ1) is 7.01. The molecule has 15 heavy (non-hydrogen) atoms. The minimum Gasteiger partial charge on any atom is -0.267 e. The highest BCUT2D eigenvalue weighted by Gasteiger charge is 2.17. The molecule has 3 nitrogen and oxygen atoms in total. The Balaban J connectivity index is 3.25. The monoisotopic (exact) mass is 228 g/mol. The smallest absolute Gasteiger partial charge is 0.267 e. The molecule has 84 valence electrons. The van der Waals surface area contributed by atoms with E-state index < -0.39 is 10.1 Å². The first-order valence-corrected chi connectivity index (χ1v) is 6.41. The highest BCUT2D eigenvalue weighted by atomic mass is 32.2. The molecule has 0 aliphatic rings. The molecule has 1 rings (SSSR count). The molecule has 0 radical (unpaired) electrons. The van der Waals surface area contributed by atoms with Gasteiger partial charge in [-0.1, -0.05) is 24.6 Å². The number of rotatable bonds is 4. The Bertz CT molecular complexity index is 435. The maximum atomic E-state index is 11.7. The summed E-state index contributed by atoms with van der Waals surface area (Å²) in [6, 6.07) is 5.27. The lowest BCUT2D eigenvalue weighted by molar-refractivity contribution is 0.337. The van der Waals surface area contributed by atoms with Gasteiger partial charge in [-0.3, -0.25) is 4.18 Å². The van der Waals surface area contributed by atoms with E-state index >= 15 is 0 Å². The molecule has 0 aromatic heterocycles. The van der Waals surface area contributed by atoms with E-state index in [1.807, 2.05) is 19.9 Å². The Labute approximate surface area is 91.2 Å². The van der Waals surface area contributed by atoms with Gasteiger partial charge in [-0.05, 0) is 31.9 Å². The number of benzene rings is 1. The van der Waals surface area contributed by atoms with Crippen LogP contribution in [-0.4, -0.2) is 15.0 Å². The van der Waals surface area contributed by atoms with Crippen molar-refractivity contribution in [3.63, 3.8) is 0 Å². The number of hydrogen-bond donors (Lipinski definition) is 0. The third kappa shape index (κ3) is 2.79. The Kier molecular flexibility index (Phi) is 3.88. The molecule has 0 aliphatic carbocycles. The quantitative estimate of drug-likeness (QED) is 0.742. The van der Waals surface area contributed by atoms with E-state index in [1.165, 1.54) is 0 Å². The van der Waals surface area contributed by atoms with Gasteiger partial charge in [0.15, 0.2) is 0 Å². The third-order valence-corrected chi connectivity index (χ3v) is 3.62. The van der Waals surface area contributed by atoms with E-state index in [0.717, 1.165) is 11.1 Å². The zero-order valence-corrected chi connectivity index (χ0v) is 10.1. The van der Waals surface area contributed by atoms with E-state index in [4.69, 9.17) is 4.18 Å². The average molecular weight is 228 g/mol. The topological polar surface area (TPSA) is 43.4 Å². The lowest BCUT2D eigenvalue weighted by Gasteiger charge is -2.09. The predicted octanol–water partition coefficient (Wildman–Crippen LogP) is 2.28. The second-order valence-corrected chi connectivity index (χ2v) is 4.91. The summed E-state index contributed by atoms with van der Waals surface area (Å²) in [5.41, 5.74) is 1.87. The van der Waals surface area contributed by atoms with Crippen molar-refractivity contribution in [1.29, 1.82) is 0 Å². The molecule has 0 N–H and O–H groups in total. The second kappa shape index (κ2) is 4.77. The summed E-state index contributed by atoms with van der Waals surface area (Å²) in [6.45, 7) is 5.70. The van der Waals surface area contributed by atoms with E-state index in [2.05, 4.69) is 0 Å². The SMILES string of the molecule is CCOS(=O)(=O)c1ccc(C)cc1CC. The Morgan fingerprint density at radius 1 is 1.27 bits per heavy atom. The van der Waals surface area contributed by atoms with Gasteiger partial charge in [-0.2, -0.15) is 8.42 Å². The van der Waals surface area contributed by atoms with Crippen molar-refractivity contribution in [1.82, 2.24) is 0 Å². The van der Waals surface area contributed by atoms with Crippen LogP contribution in [0.4, 0.5) is 0 Å². The van der Waals surface area contributed by atoms with Gasteiger partial charge in [-0.15, -0.1) is 0 Å². The molecule has 4 heteroatoms. The third-order valence-electron chi connectivity index (χ3n) is 2.14. The molecule has 0 unspecified atom stereocenters. The summed E-state index contributed by atoms with van der Waals surface area (Å²) >= 11 is 0. The van der Waals surface area contributed by atoms with Crippen molar-refractivity contribution < 1.29 is 12.6 Å². The Morgan fingerprint density at radius 3 is 2.47 bits per heavy atom. The van der Waals surface area contributed by atoms with Crippen molar-refractivity contribution in [2.24, 2.45) is 0 Å². The summed E-state index contributed by atoms with van der Waals surface area (Å²) in [5, 5.41) is 0. The summed E-state index contributed by atoms with van der Waals surface area (Å²) in [7, 11) is -3.57. The van der Waals surface area contributed by atoms with Crippen LogP contribution in [-0.2, 0) is 20.7 Å². The molecule has 0 heterocycles. The number of aryl methyl sites for hydroxylation is 2. The normalized spacial score (nSPS) is 11.7. The molecule has 1 aromatic rings. The molecular formula is C11H16O3S. The molecule has 0 atom stereocenters. The predicted molar refractivity (Wildman–Crippen MR) is 59.4 cm³/mol. The van der Waals surface area contributed by atoms with Crippen molar-refractivity contribution >= 4 is 10.1 Å². The molecule has 0 fully saturated rings. The van der Waals surface area contributed by atoms with Crippen molar-refractivity contribution in [2.75, 3.05) is 6.61 Å². The number of hydrogen-bond acceptors (Lipinski definition) is 3. The maximum Gasteiger partial charge on any atom is 0.297 e. The molecule has 0 saturated heterocycles. The molecule has 0 spiro atoms. The fourth-order valence-corrected chi connectivity index (χ4v) is 2.64. The van der Waals surface area contributed by atoms with Crippen molar-refractivity contribution in [3.8, 4) is 0 Å². The van der Waals surface area contributed by atoms with E-state index in [0.29, 0.717) is 6.42 Å². The fourth-order valence-electron chi connectivity index (χ4n) is 1.45. The van der Waals surface area contributed by atoms with Crippen molar-refractivity contribution in [3.05, 3.63) is 29.3 Å². The summed E-state index contributed by atoms with van der Waals surface area (Å²) < 4.78 is 28.2. The zero-order valence-electron chi connectivity index (χ0n) is 9.28. The van der Waals surface area contributed by atoms with Crippen LogP contribution in [0.3, 0.4) is 0 Å². The van der Waals surface area contributed by atoms with Crippen LogP contribution in [0.15, 0.2) is 23.1 Å². The van der Waals surface area contributed by atoms with E-state index in [-0.39, 0.29) is 11.5 Å². The second-order valence-electron chi connectivity index (χ2n) is 3.33. The highest BCUT2D eigenvalue weighted by Crippen LogP contribution is 2.19. The van der Waals surface area contributed by atoms with Gasteiger partial charge in [0.1, 0.15) is 0 Å². The zero-order chi connectivity index (χ0) is 11.5. The van der Waals surface area contributed by atoms with Gasteiger partial charge in [-0.25, -0.2) is 0 Å². The largest absolute Gasteiger partial charge is 0.297 e. The van der Waals surface area contributed by atoms with Gasteiger partial charge in [0.2, 0.25) is 0 Å². The van der Waals surface area contributed by atoms with Gasteiger partial charge in [0.05, 0.1) is 11.5 Å². The van der Waals surface area contributed by atoms with Gasteiger partial charge in [0, 0.05) is 0 Å². The maximum absolute atomic E-state index is 11.7. The van der Waals surface area contributed by atoms with Gasteiger partial charge in [0.25, 0.3) is 10.1 Å². The van der Waals surface area contributed by atoms with E-state index in [9.17, 15) is 8.42 Å². The summed E-state index contributed by atoms with van der Waals surface area (Å²) in [4.78, 5) is 0.289. The molecule has 0 saturated carbocycles. The Hall–Kier alpha value is -0.870. The minimum absolute atomic E-state index is 0.166. The molecule has 1 aromatic carbocycles. The summed E-state index contributed by atoms with van der Waals surface area (Å²) in [6.07, 6.45) is 0.684.